The number of anilines is 1. The standard InChI is InChI=1S/C9H10ClN5/c10-5-9(3-4-9)12-7-1-2-8-13-11-6-15(8)14-7/h1-2,6H,3-5H2,(H,12,14). The van der Waals surface area contributed by atoms with Gasteiger partial charge in [-0.2, -0.15) is 4.52 Å². The molecule has 2 aromatic rings. The fourth-order valence-corrected chi connectivity index (χ4v) is 1.84. The van der Waals surface area contributed by atoms with Crippen molar-refractivity contribution in [3.8, 4) is 0 Å². The Morgan fingerprint density at radius 2 is 2.33 bits per heavy atom. The molecule has 0 aromatic carbocycles. The molecule has 15 heavy (non-hydrogen) atoms. The first-order chi connectivity index (χ1) is 7.31. The highest BCUT2D eigenvalue weighted by Crippen LogP contribution is 2.39. The third-order valence-electron chi connectivity index (χ3n) is 2.66. The minimum atomic E-state index is 0.0657. The summed E-state index contributed by atoms with van der Waals surface area (Å²) in [5.41, 5.74) is 0.812. The normalized spacial score (nSPS) is 17.9. The van der Waals surface area contributed by atoms with E-state index in [1.165, 1.54) is 0 Å². The van der Waals surface area contributed by atoms with E-state index in [9.17, 15) is 0 Å². The van der Waals surface area contributed by atoms with Crippen LogP contribution in [0, 0.1) is 0 Å². The Labute approximate surface area is 91.5 Å². The lowest BCUT2D eigenvalue weighted by Gasteiger charge is -2.13. The summed E-state index contributed by atoms with van der Waals surface area (Å²) in [5, 5.41) is 15.3. The second-order valence-electron chi connectivity index (χ2n) is 3.89. The summed E-state index contributed by atoms with van der Waals surface area (Å²) in [6, 6.07) is 3.78. The molecule has 1 saturated carbocycles. The molecule has 0 radical (unpaired) electrons. The molecular weight excluding hydrogens is 214 g/mol. The SMILES string of the molecule is ClCC1(Nc2ccc3nncn3n2)CC1. The van der Waals surface area contributed by atoms with Gasteiger partial charge in [0.25, 0.3) is 0 Å². The van der Waals surface area contributed by atoms with Crippen LogP contribution in [0.4, 0.5) is 5.82 Å². The van der Waals surface area contributed by atoms with Crippen molar-refractivity contribution in [2.75, 3.05) is 11.2 Å². The molecule has 6 heteroatoms. The highest BCUT2D eigenvalue weighted by molar-refractivity contribution is 6.19. The number of nitrogens with zero attached hydrogens (tertiary/aromatic N) is 4. The number of hydrogen-bond donors (Lipinski definition) is 1. The number of fused-ring (bicyclic) bond motifs is 1. The van der Waals surface area contributed by atoms with E-state index in [1.54, 1.807) is 10.8 Å². The lowest BCUT2D eigenvalue weighted by molar-refractivity contribution is 0.810. The molecule has 1 fully saturated rings. The number of hydrogen-bond acceptors (Lipinski definition) is 4. The number of rotatable bonds is 3. The van der Waals surface area contributed by atoms with Crippen molar-refractivity contribution in [3.05, 3.63) is 18.5 Å². The fourth-order valence-electron chi connectivity index (χ4n) is 1.51. The van der Waals surface area contributed by atoms with Crippen LogP contribution in [-0.4, -0.2) is 31.2 Å². The molecule has 2 heterocycles. The maximum atomic E-state index is 5.88. The van der Waals surface area contributed by atoms with Crippen molar-refractivity contribution >= 4 is 23.1 Å². The molecule has 0 spiro atoms. The van der Waals surface area contributed by atoms with Crippen molar-refractivity contribution in [3.63, 3.8) is 0 Å². The fraction of sp³-hybridized carbons (Fsp3) is 0.444. The third-order valence-corrected chi connectivity index (χ3v) is 3.18. The van der Waals surface area contributed by atoms with Gasteiger partial charge in [0.05, 0.1) is 5.54 Å². The van der Waals surface area contributed by atoms with E-state index in [2.05, 4.69) is 20.6 Å². The monoisotopic (exact) mass is 223 g/mol. The summed E-state index contributed by atoms with van der Waals surface area (Å²) < 4.78 is 1.65. The van der Waals surface area contributed by atoms with Gasteiger partial charge in [-0.05, 0) is 25.0 Å². The minimum Gasteiger partial charge on any atom is -0.362 e. The average Bonchev–Trinajstić information content (AvgIpc) is 2.88. The zero-order chi connectivity index (χ0) is 10.3. The van der Waals surface area contributed by atoms with E-state index in [1.807, 2.05) is 12.1 Å². The average molecular weight is 224 g/mol. The molecule has 5 nitrogen and oxygen atoms in total. The van der Waals surface area contributed by atoms with Crippen LogP contribution in [0.25, 0.3) is 5.65 Å². The lowest BCUT2D eigenvalue weighted by atomic mass is 10.3. The van der Waals surface area contributed by atoms with Crippen molar-refractivity contribution < 1.29 is 0 Å². The highest BCUT2D eigenvalue weighted by Gasteiger charge is 2.42. The highest BCUT2D eigenvalue weighted by atomic mass is 35.5. The third kappa shape index (κ3) is 1.52. The predicted octanol–water partition coefficient (Wildman–Crippen LogP) is 1.31. The van der Waals surface area contributed by atoms with Crippen molar-refractivity contribution in [1.82, 2.24) is 19.8 Å². The first kappa shape index (κ1) is 8.91. The number of alkyl halides is 1. The van der Waals surface area contributed by atoms with E-state index < -0.39 is 0 Å². The first-order valence-electron chi connectivity index (χ1n) is 4.83. The molecule has 1 aliphatic carbocycles. The molecule has 0 bridgehead atoms. The Morgan fingerprint density at radius 1 is 1.47 bits per heavy atom. The molecule has 0 unspecified atom stereocenters. The summed E-state index contributed by atoms with van der Waals surface area (Å²) in [4.78, 5) is 0. The van der Waals surface area contributed by atoms with Crippen molar-refractivity contribution in [1.29, 1.82) is 0 Å². The van der Waals surface area contributed by atoms with Crippen LogP contribution in [0.15, 0.2) is 18.5 Å². The van der Waals surface area contributed by atoms with Gasteiger partial charge in [0.2, 0.25) is 0 Å². The Morgan fingerprint density at radius 3 is 3.07 bits per heavy atom. The Hall–Kier alpha value is -1.36. The van der Waals surface area contributed by atoms with Gasteiger partial charge < -0.3 is 5.32 Å². The molecular formula is C9H10ClN5. The summed E-state index contributed by atoms with van der Waals surface area (Å²) in [6.45, 7) is 0. The van der Waals surface area contributed by atoms with Crippen LogP contribution < -0.4 is 5.32 Å². The van der Waals surface area contributed by atoms with Gasteiger partial charge in [-0.1, -0.05) is 0 Å². The van der Waals surface area contributed by atoms with Gasteiger partial charge in [-0.25, -0.2) is 0 Å². The maximum Gasteiger partial charge on any atom is 0.177 e. The van der Waals surface area contributed by atoms with Crippen molar-refractivity contribution in [2.45, 2.75) is 18.4 Å². The van der Waals surface area contributed by atoms with Gasteiger partial charge in [-0.3, -0.25) is 0 Å². The van der Waals surface area contributed by atoms with Crippen molar-refractivity contribution in [2.24, 2.45) is 0 Å². The number of nitrogens with one attached hydrogen (secondary N) is 1. The zero-order valence-corrected chi connectivity index (χ0v) is 8.78. The Kier molecular flexibility index (Phi) is 1.82. The van der Waals surface area contributed by atoms with Crippen LogP contribution in [0.3, 0.4) is 0 Å². The molecule has 78 valence electrons. The summed E-state index contributed by atoms with van der Waals surface area (Å²) >= 11 is 5.88. The molecule has 0 aliphatic heterocycles. The van der Waals surface area contributed by atoms with Gasteiger partial charge in [0, 0.05) is 5.88 Å². The minimum absolute atomic E-state index is 0.0657. The van der Waals surface area contributed by atoms with Gasteiger partial charge in [0.1, 0.15) is 12.1 Å². The number of aromatic nitrogens is 4. The Balaban J connectivity index is 1.91. The quantitative estimate of drug-likeness (QED) is 0.798. The second-order valence-corrected chi connectivity index (χ2v) is 4.16. The zero-order valence-electron chi connectivity index (χ0n) is 8.02. The van der Waals surface area contributed by atoms with E-state index in [-0.39, 0.29) is 5.54 Å². The Bertz CT molecular complexity index is 490. The molecule has 0 amide bonds. The van der Waals surface area contributed by atoms with Gasteiger partial charge in [0.15, 0.2) is 5.65 Å². The van der Waals surface area contributed by atoms with E-state index in [0.29, 0.717) is 5.88 Å². The molecule has 0 saturated heterocycles. The topological polar surface area (TPSA) is 55.1 Å². The van der Waals surface area contributed by atoms with E-state index >= 15 is 0 Å². The molecule has 1 N–H and O–H groups in total. The summed E-state index contributed by atoms with van der Waals surface area (Å²) in [7, 11) is 0. The van der Waals surface area contributed by atoms with Crippen LogP contribution in [-0.2, 0) is 0 Å². The molecule has 0 atom stereocenters. The molecule has 1 aliphatic rings. The lowest BCUT2D eigenvalue weighted by Crippen LogP contribution is -2.23. The molecule has 3 rings (SSSR count). The predicted molar refractivity (Wildman–Crippen MR) is 57.1 cm³/mol. The van der Waals surface area contributed by atoms with Crippen LogP contribution in [0.1, 0.15) is 12.8 Å². The van der Waals surface area contributed by atoms with Crippen LogP contribution >= 0.6 is 11.6 Å². The summed E-state index contributed by atoms with van der Waals surface area (Å²) in [6.07, 6.45) is 3.80. The first-order valence-corrected chi connectivity index (χ1v) is 5.36. The van der Waals surface area contributed by atoms with E-state index in [4.69, 9.17) is 11.6 Å². The second kappa shape index (κ2) is 3.06. The smallest absolute Gasteiger partial charge is 0.177 e. The van der Waals surface area contributed by atoms with Crippen LogP contribution in [0.2, 0.25) is 0 Å². The largest absolute Gasteiger partial charge is 0.362 e. The van der Waals surface area contributed by atoms with Gasteiger partial charge in [-0.15, -0.1) is 26.9 Å². The number of halogens is 1. The molecule has 2 aromatic heterocycles. The van der Waals surface area contributed by atoms with Crippen LogP contribution in [0.5, 0.6) is 0 Å². The maximum absolute atomic E-state index is 5.88. The van der Waals surface area contributed by atoms with E-state index in [0.717, 1.165) is 24.3 Å². The summed E-state index contributed by atoms with van der Waals surface area (Å²) in [5.74, 6) is 1.44. The van der Waals surface area contributed by atoms with Gasteiger partial charge >= 0.3 is 0 Å².